The molecule has 1 aromatic rings. The topological polar surface area (TPSA) is 95.9 Å². The molecule has 3 rings (SSSR count). The fourth-order valence-corrected chi connectivity index (χ4v) is 3.55. The van der Waals surface area contributed by atoms with Crippen molar-refractivity contribution in [3.8, 4) is 0 Å². The molecule has 7 heteroatoms. The fourth-order valence-electron chi connectivity index (χ4n) is 3.55. The van der Waals surface area contributed by atoms with Gasteiger partial charge in [0.2, 0.25) is 0 Å². The normalized spacial score (nSPS) is 25.7. The molecule has 7 nitrogen and oxygen atoms in total. The number of nitrogens with zero attached hydrogens (tertiary/aromatic N) is 1. The Kier molecular flexibility index (Phi) is 5.27. The first kappa shape index (κ1) is 18.4. The smallest absolute Gasteiger partial charge is 0.326 e. The summed E-state index contributed by atoms with van der Waals surface area (Å²) in [6.07, 6.45) is 3.56. The number of rotatable bonds is 4. The summed E-state index contributed by atoms with van der Waals surface area (Å²) >= 11 is 0. The lowest BCUT2D eigenvalue weighted by atomic mass is 10.0. The number of ether oxygens (including phenoxy) is 1. The molecule has 2 unspecified atom stereocenters. The van der Waals surface area contributed by atoms with E-state index in [9.17, 15) is 19.5 Å². The molecule has 2 aliphatic heterocycles. The molecule has 0 radical (unpaired) electrons. The van der Waals surface area contributed by atoms with Gasteiger partial charge in [-0.15, -0.1) is 0 Å². The molecule has 2 aliphatic rings. The molecule has 140 valence electrons. The minimum Gasteiger partial charge on any atom is -0.480 e. The number of hydrogen-bond acceptors (Lipinski definition) is 4. The van der Waals surface area contributed by atoms with Gasteiger partial charge in [0.05, 0.1) is 0 Å². The molecule has 0 bridgehead atoms. The van der Waals surface area contributed by atoms with Crippen LogP contribution in [0.2, 0.25) is 0 Å². The van der Waals surface area contributed by atoms with Crippen LogP contribution in [-0.2, 0) is 14.3 Å². The van der Waals surface area contributed by atoms with Gasteiger partial charge in [0, 0.05) is 24.4 Å². The second kappa shape index (κ2) is 7.45. The maximum atomic E-state index is 12.8. The van der Waals surface area contributed by atoms with Crippen molar-refractivity contribution in [2.45, 2.75) is 50.7 Å². The van der Waals surface area contributed by atoms with Crippen LogP contribution >= 0.6 is 0 Å². The fraction of sp³-hybridized carbons (Fsp3) is 0.526. The summed E-state index contributed by atoms with van der Waals surface area (Å²) in [4.78, 5) is 38.1. The molecule has 2 heterocycles. The summed E-state index contributed by atoms with van der Waals surface area (Å²) in [5.41, 5.74) is 0.0243. The molecule has 0 aromatic heterocycles. The summed E-state index contributed by atoms with van der Waals surface area (Å²) in [7, 11) is 0. The SMILES string of the molecule is CC1(C(=O)Nc2cccc(C(=O)N3CCCCC3C(=O)O)c2)CCCO1. The van der Waals surface area contributed by atoms with Gasteiger partial charge in [-0.1, -0.05) is 6.07 Å². The van der Waals surface area contributed by atoms with E-state index in [2.05, 4.69) is 5.32 Å². The second-order valence-electron chi connectivity index (χ2n) is 7.07. The van der Waals surface area contributed by atoms with E-state index in [1.165, 1.54) is 4.90 Å². The number of piperidine rings is 1. The molecule has 1 aromatic carbocycles. The molecule has 2 amide bonds. The lowest BCUT2D eigenvalue weighted by molar-refractivity contribution is -0.143. The summed E-state index contributed by atoms with van der Waals surface area (Å²) in [5, 5.41) is 12.2. The Hall–Kier alpha value is -2.41. The van der Waals surface area contributed by atoms with Crippen LogP contribution in [-0.4, -0.2) is 52.6 Å². The summed E-state index contributed by atoms with van der Waals surface area (Å²) in [6, 6.07) is 5.82. The van der Waals surface area contributed by atoms with Crippen molar-refractivity contribution in [1.29, 1.82) is 0 Å². The summed E-state index contributed by atoms with van der Waals surface area (Å²) in [6.45, 7) is 2.75. The van der Waals surface area contributed by atoms with Gasteiger partial charge in [-0.25, -0.2) is 4.79 Å². The van der Waals surface area contributed by atoms with Crippen molar-refractivity contribution in [2.75, 3.05) is 18.5 Å². The zero-order valence-electron chi connectivity index (χ0n) is 14.9. The predicted molar refractivity (Wildman–Crippen MR) is 95.0 cm³/mol. The van der Waals surface area contributed by atoms with E-state index < -0.39 is 17.6 Å². The average molecular weight is 360 g/mol. The molecule has 0 aliphatic carbocycles. The van der Waals surface area contributed by atoms with E-state index in [1.54, 1.807) is 31.2 Å². The number of anilines is 1. The van der Waals surface area contributed by atoms with Crippen LogP contribution in [0.25, 0.3) is 0 Å². The number of carboxylic acid groups (broad SMARTS) is 1. The third-order valence-electron chi connectivity index (χ3n) is 5.12. The third-order valence-corrected chi connectivity index (χ3v) is 5.12. The third kappa shape index (κ3) is 3.72. The van der Waals surface area contributed by atoms with E-state index in [0.717, 1.165) is 19.3 Å². The number of nitrogens with one attached hydrogen (secondary N) is 1. The Balaban J connectivity index is 1.75. The zero-order valence-corrected chi connectivity index (χ0v) is 14.9. The molecule has 0 spiro atoms. The van der Waals surface area contributed by atoms with Gasteiger partial charge in [-0.2, -0.15) is 0 Å². The van der Waals surface area contributed by atoms with Gasteiger partial charge >= 0.3 is 5.97 Å². The van der Waals surface area contributed by atoms with Gasteiger partial charge < -0.3 is 20.1 Å². The average Bonchev–Trinajstić information content (AvgIpc) is 3.09. The minimum atomic E-state index is -0.978. The van der Waals surface area contributed by atoms with E-state index in [0.29, 0.717) is 37.2 Å². The van der Waals surface area contributed by atoms with Crippen molar-refractivity contribution in [1.82, 2.24) is 4.90 Å². The van der Waals surface area contributed by atoms with Gasteiger partial charge in [0.15, 0.2) is 0 Å². The minimum absolute atomic E-state index is 0.235. The quantitative estimate of drug-likeness (QED) is 0.859. The van der Waals surface area contributed by atoms with Crippen molar-refractivity contribution in [3.63, 3.8) is 0 Å². The van der Waals surface area contributed by atoms with Gasteiger partial charge in [0.1, 0.15) is 11.6 Å². The Bertz CT molecular complexity index is 712. The first-order chi connectivity index (χ1) is 12.4. The van der Waals surface area contributed by atoms with Crippen molar-refractivity contribution < 1.29 is 24.2 Å². The Morgan fingerprint density at radius 3 is 2.77 bits per heavy atom. The molecular formula is C19H24N2O5. The Morgan fingerprint density at radius 2 is 2.08 bits per heavy atom. The standard InChI is InChI=1S/C19H24N2O5/c1-19(9-5-11-26-19)18(25)20-14-7-4-6-13(12-14)16(22)21-10-3-2-8-15(21)17(23)24/h4,6-7,12,15H,2-3,5,8-11H2,1H3,(H,20,25)(H,23,24). The van der Waals surface area contributed by atoms with E-state index in [1.807, 2.05) is 0 Å². The van der Waals surface area contributed by atoms with E-state index in [-0.39, 0.29) is 11.8 Å². The number of carboxylic acids is 1. The monoisotopic (exact) mass is 360 g/mol. The number of benzene rings is 1. The molecular weight excluding hydrogens is 336 g/mol. The number of hydrogen-bond donors (Lipinski definition) is 2. The molecule has 2 saturated heterocycles. The molecule has 2 N–H and O–H groups in total. The van der Waals surface area contributed by atoms with Crippen LogP contribution in [0.4, 0.5) is 5.69 Å². The van der Waals surface area contributed by atoms with Crippen LogP contribution in [0.1, 0.15) is 49.4 Å². The zero-order chi connectivity index (χ0) is 18.7. The summed E-state index contributed by atoms with van der Waals surface area (Å²) in [5.74, 6) is -1.54. The summed E-state index contributed by atoms with van der Waals surface area (Å²) < 4.78 is 5.54. The maximum Gasteiger partial charge on any atom is 0.326 e. The van der Waals surface area contributed by atoms with Gasteiger partial charge in [-0.3, -0.25) is 9.59 Å². The highest BCUT2D eigenvalue weighted by Crippen LogP contribution is 2.27. The van der Waals surface area contributed by atoms with Gasteiger partial charge in [-0.05, 0) is 57.2 Å². The molecule has 2 atom stereocenters. The highest BCUT2D eigenvalue weighted by Gasteiger charge is 2.38. The van der Waals surface area contributed by atoms with Crippen molar-refractivity contribution in [2.24, 2.45) is 0 Å². The number of aliphatic carboxylic acids is 1. The molecule has 26 heavy (non-hydrogen) atoms. The molecule has 0 saturated carbocycles. The van der Waals surface area contributed by atoms with Crippen LogP contribution in [0.3, 0.4) is 0 Å². The lowest BCUT2D eigenvalue weighted by Gasteiger charge is -2.33. The Labute approximate surface area is 152 Å². The van der Waals surface area contributed by atoms with Crippen LogP contribution < -0.4 is 5.32 Å². The predicted octanol–water partition coefficient (Wildman–Crippen LogP) is 2.27. The number of likely N-dealkylation sites (tertiary alicyclic amines) is 1. The number of carbonyl (C=O) groups is 3. The highest BCUT2D eigenvalue weighted by molar-refractivity contribution is 6.00. The second-order valence-corrected chi connectivity index (χ2v) is 7.07. The van der Waals surface area contributed by atoms with Crippen LogP contribution in [0.15, 0.2) is 24.3 Å². The van der Waals surface area contributed by atoms with E-state index in [4.69, 9.17) is 4.74 Å². The van der Waals surface area contributed by atoms with Crippen molar-refractivity contribution >= 4 is 23.5 Å². The van der Waals surface area contributed by atoms with Crippen LogP contribution in [0, 0.1) is 0 Å². The largest absolute Gasteiger partial charge is 0.480 e. The van der Waals surface area contributed by atoms with Gasteiger partial charge in [0.25, 0.3) is 11.8 Å². The molecule has 2 fully saturated rings. The van der Waals surface area contributed by atoms with Crippen molar-refractivity contribution in [3.05, 3.63) is 29.8 Å². The Morgan fingerprint density at radius 1 is 1.27 bits per heavy atom. The number of carbonyl (C=O) groups excluding carboxylic acids is 2. The first-order valence-corrected chi connectivity index (χ1v) is 9.00. The van der Waals surface area contributed by atoms with E-state index >= 15 is 0 Å². The maximum absolute atomic E-state index is 12.8. The highest BCUT2D eigenvalue weighted by atomic mass is 16.5. The van der Waals surface area contributed by atoms with Crippen LogP contribution in [0.5, 0.6) is 0 Å². The number of amides is 2. The first-order valence-electron chi connectivity index (χ1n) is 9.00. The lowest BCUT2D eigenvalue weighted by Crippen LogP contribution is -2.48.